The predicted molar refractivity (Wildman–Crippen MR) is 77.1 cm³/mol. The molecule has 0 fully saturated rings. The van der Waals surface area contributed by atoms with Gasteiger partial charge in [-0.15, -0.1) is 0 Å². The molecule has 1 aromatic heterocycles. The SMILES string of the molecule is Cc1ccc(OCc2cc(F)cc(C#N)c2)c(CBr)n1. The van der Waals surface area contributed by atoms with Crippen LogP contribution in [0.25, 0.3) is 0 Å². The van der Waals surface area contributed by atoms with Crippen molar-refractivity contribution >= 4 is 15.9 Å². The molecule has 0 saturated carbocycles. The third-order valence-electron chi connectivity index (χ3n) is 2.68. The Bertz CT molecular complexity index is 667. The maximum absolute atomic E-state index is 13.3. The van der Waals surface area contributed by atoms with E-state index in [0.29, 0.717) is 16.6 Å². The summed E-state index contributed by atoms with van der Waals surface area (Å²) >= 11 is 3.36. The number of pyridine rings is 1. The van der Waals surface area contributed by atoms with Crippen molar-refractivity contribution in [1.82, 2.24) is 4.98 Å². The van der Waals surface area contributed by atoms with Gasteiger partial charge in [0.15, 0.2) is 0 Å². The molecule has 5 heteroatoms. The van der Waals surface area contributed by atoms with Gasteiger partial charge in [-0.3, -0.25) is 4.98 Å². The highest BCUT2D eigenvalue weighted by molar-refractivity contribution is 9.08. The minimum absolute atomic E-state index is 0.192. The Morgan fingerprint density at radius 1 is 1.35 bits per heavy atom. The second-order valence-corrected chi connectivity index (χ2v) is 4.84. The molecule has 102 valence electrons. The fraction of sp³-hybridized carbons (Fsp3) is 0.200. The Labute approximate surface area is 125 Å². The first kappa shape index (κ1) is 14.5. The number of ether oxygens (including phenoxy) is 1. The zero-order chi connectivity index (χ0) is 14.5. The van der Waals surface area contributed by atoms with E-state index in [1.165, 1.54) is 12.1 Å². The molecule has 0 aliphatic rings. The lowest BCUT2D eigenvalue weighted by atomic mass is 10.1. The second kappa shape index (κ2) is 6.49. The van der Waals surface area contributed by atoms with Gasteiger partial charge in [-0.25, -0.2) is 4.39 Å². The maximum atomic E-state index is 13.3. The molecular formula is C15H12BrFN2O. The molecule has 1 heterocycles. The average molecular weight is 335 g/mol. The molecular weight excluding hydrogens is 323 g/mol. The summed E-state index contributed by atoms with van der Waals surface area (Å²) in [6.07, 6.45) is 0. The standard InChI is InChI=1S/C15H12BrFN2O/c1-10-2-3-15(14(7-16)19-10)20-9-12-4-11(8-18)5-13(17)6-12/h2-6H,7,9H2,1H3. The number of aromatic nitrogens is 1. The molecule has 0 aliphatic carbocycles. The molecule has 3 nitrogen and oxygen atoms in total. The van der Waals surface area contributed by atoms with E-state index in [1.54, 1.807) is 6.07 Å². The fourth-order valence-corrected chi connectivity index (χ4v) is 2.19. The van der Waals surface area contributed by atoms with Gasteiger partial charge in [0.25, 0.3) is 0 Å². The van der Waals surface area contributed by atoms with Crippen LogP contribution >= 0.6 is 15.9 Å². The number of nitrogens with zero attached hydrogens (tertiary/aromatic N) is 2. The normalized spacial score (nSPS) is 10.1. The van der Waals surface area contributed by atoms with E-state index in [4.69, 9.17) is 10.00 Å². The zero-order valence-electron chi connectivity index (χ0n) is 10.9. The van der Waals surface area contributed by atoms with E-state index in [0.717, 1.165) is 11.4 Å². The number of hydrogen-bond acceptors (Lipinski definition) is 3. The van der Waals surface area contributed by atoms with Crippen LogP contribution in [0.15, 0.2) is 30.3 Å². The summed E-state index contributed by atoms with van der Waals surface area (Å²) in [7, 11) is 0. The minimum Gasteiger partial charge on any atom is -0.487 e. The monoisotopic (exact) mass is 334 g/mol. The Kier molecular flexibility index (Phi) is 4.70. The Hall–Kier alpha value is -1.93. The molecule has 0 saturated heterocycles. The van der Waals surface area contributed by atoms with Crippen molar-refractivity contribution in [2.75, 3.05) is 0 Å². The van der Waals surface area contributed by atoms with E-state index < -0.39 is 5.82 Å². The van der Waals surface area contributed by atoms with Crippen LogP contribution in [0.1, 0.15) is 22.5 Å². The van der Waals surface area contributed by atoms with Crippen LogP contribution in [0.2, 0.25) is 0 Å². The topological polar surface area (TPSA) is 45.9 Å². The maximum Gasteiger partial charge on any atom is 0.142 e. The van der Waals surface area contributed by atoms with Crippen molar-refractivity contribution in [2.45, 2.75) is 18.9 Å². The first-order valence-corrected chi connectivity index (χ1v) is 7.09. The van der Waals surface area contributed by atoms with Gasteiger partial charge in [0, 0.05) is 11.0 Å². The van der Waals surface area contributed by atoms with Crippen molar-refractivity contribution in [3.8, 4) is 11.8 Å². The molecule has 0 N–H and O–H groups in total. The van der Waals surface area contributed by atoms with Crippen molar-refractivity contribution in [2.24, 2.45) is 0 Å². The number of benzene rings is 1. The van der Waals surface area contributed by atoms with Crippen molar-refractivity contribution in [3.05, 3.63) is 58.7 Å². The molecule has 0 unspecified atom stereocenters. The third-order valence-corrected chi connectivity index (χ3v) is 3.21. The van der Waals surface area contributed by atoms with Gasteiger partial charge in [-0.05, 0) is 42.8 Å². The second-order valence-electron chi connectivity index (χ2n) is 4.28. The molecule has 1 aromatic carbocycles. The summed E-state index contributed by atoms with van der Waals surface area (Å²) in [5.74, 6) is 0.209. The lowest BCUT2D eigenvalue weighted by Gasteiger charge is -2.10. The average Bonchev–Trinajstić information content (AvgIpc) is 2.45. The lowest BCUT2D eigenvalue weighted by Crippen LogP contribution is -2.01. The van der Waals surface area contributed by atoms with Gasteiger partial charge in [0.2, 0.25) is 0 Å². The number of rotatable bonds is 4. The molecule has 2 aromatic rings. The van der Waals surface area contributed by atoms with Gasteiger partial charge in [-0.1, -0.05) is 15.9 Å². The molecule has 0 aliphatic heterocycles. The highest BCUT2D eigenvalue weighted by atomic mass is 79.9. The van der Waals surface area contributed by atoms with Crippen molar-refractivity contribution in [1.29, 1.82) is 5.26 Å². The van der Waals surface area contributed by atoms with Crippen LogP contribution in [-0.2, 0) is 11.9 Å². The quantitative estimate of drug-likeness (QED) is 0.797. The Morgan fingerprint density at radius 2 is 2.15 bits per heavy atom. The van der Waals surface area contributed by atoms with Crippen LogP contribution in [-0.4, -0.2) is 4.98 Å². The summed E-state index contributed by atoms with van der Waals surface area (Å²) in [6.45, 7) is 2.10. The van der Waals surface area contributed by atoms with Gasteiger partial charge >= 0.3 is 0 Å². The molecule has 0 amide bonds. The minimum atomic E-state index is -0.439. The van der Waals surface area contributed by atoms with Gasteiger partial charge in [-0.2, -0.15) is 5.26 Å². The number of aryl methyl sites for hydroxylation is 1. The lowest BCUT2D eigenvalue weighted by molar-refractivity contribution is 0.301. The predicted octanol–water partition coefficient (Wildman–Crippen LogP) is 3.87. The summed E-state index contributed by atoms with van der Waals surface area (Å²) in [5, 5.41) is 9.39. The summed E-state index contributed by atoms with van der Waals surface area (Å²) in [6, 6.07) is 9.77. The molecule has 0 atom stereocenters. The van der Waals surface area contributed by atoms with Crippen LogP contribution in [0.4, 0.5) is 4.39 Å². The number of alkyl halides is 1. The summed E-state index contributed by atoms with van der Waals surface area (Å²) < 4.78 is 19.0. The fourth-order valence-electron chi connectivity index (χ4n) is 1.78. The van der Waals surface area contributed by atoms with Crippen LogP contribution < -0.4 is 4.74 Å². The van der Waals surface area contributed by atoms with Crippen molar-refractivity contribution < 1.29 is 9.13 Å². The molecule has 0 radical (unpaired) electrons. The van der Waals surface area contributed by atoms with Gasteiger partial charge in [0.1, 0.15) is 18.2 Å². The Morgan fingerprint density at radius 3 is 2.85 bits per heavy atom. The molecule has 0 bridgehead atoms. The van der Waals surface area contributed by atoms with E-state index in [1.807, 2.05) is 25.1 Å². The summed E-state index contributed by atoms with van der Waals surface area (Å²) in [5.41, 5.74) is 2.60. The first-order valence-electron chi connectivity index (χ1n) is 5.97. The zero-order valence-corrected chi connectivity index (χ0v) is 12.4. The van der Waals surface area contributed by atoms with Crippen LogP contribution in [0.3, 0.4) is 0 Å². The number of hydrogen-bond donors (Lipinski definition) is 0. The van der Waals surface area contributed by atoms with E-state index >= 15 is 0 Å². The van der Waals surface area contributed by atoms with Crippen LogP contribution in [0.5, 0.6) is 5.75 Å². The summed E-state index contributed by atoms with van der Waals surface area (Å²) in [4.78, 5) is 4.36. The van der Waals surface area contributed by atoms with Crippen LogP contribution in [0, 0.1) is 24.1 Å². The van der Waals surface area contributed by atoms with E-state index in [2.05, 4.69) is 20.9 Å². The smallest absolute Gasteiger partial charge is 0.142 e. The highest BCUT2D eigenvalue weighted by Crippen LogP contribution is 2.21. The van der Waals surface area contributed by atoms with Gasteiger partial charge < -0.3 is 4.74 Å². The van der Waals surface area contributed by atoms with E-state index in [-0.39, 0.29) is 12.2 Å². The number of halogens is 2. The third kappa shape index (κ3) is 3.55. The highest BCUT2D eigenvalue weighted by Gasteiger charge is 2.06. The molecule has 20 heavy (non-hydrogen) atoms. The number of nitriles is 1. The Balaban J connectivity index is 2.17. The molecule has 2 rings (SSSR count). The first-order chi connectivity index (χ1) is 9.62. The van der Waals surface area contributed by atoms with Crippen molar-refractivity contribution in [3.63, 3.8) is 0 Å². The molecule has 0 spiro atoms. The largest absolute Gasteiger partial charge is 0.487 e. The van der Waals surface area contributed by atoms with E-state index in [9.17, 15) is 4.39 Å². The van der Waals surface area contributed by atoms with Gasteiger partial charge in [0.05, 0.1) is 17.3 Å².